The Labute approximate surface area is 103 Å². The number of carbonyl (C=O) groups is 2. The normalized spacial score (nSPS) is 9.22. The van der Waals surface area contributed by atoms with Gasteiger partial charge in [0.05, 0.1) is 12.1 Å². The van der Waals surface area contributed by atoms with E-state index in [0.29, 0.717) is 5.56 Å². The molecule has 0 aliphatic rings. The van der Waals surface area contributed by atoms with Gasteiger partial charge in [-0.1, -0.05) is 11.8 Å². The zero-order chi connectivity index (χ0) is 13.5. The Morgan fingerprint density at radius 1 is 1.44 bits per heavy atom. The molecule has 0 atom stereocenters. The van der Waals surface area contributed by atoms with Crippen molar-refractivity contribution in [2.45, 2.75) is 0 Å². The maximum absolute atomic E-state index is 13.4. The van der Waals surface area contributed by atoms with Crippen LogP contribution in [0.1, 0.15) is 15.9 Å². The van der Waals surface area contributed by atoms with Gasteiger partial charge in [0.1, 0.15) is 12.4 Å². The molecule has 2 amide bonds. The van der Waals surface area contributed by atoms with Gasteiger partial charge < -0.3 is 16.2 Å². The molecule has 0 unspecified atom stereocenters. The number of halogens is 1. The van der Waals surface area contributed by atoms with Gasteiger partial charge in [0, 0.05) is 5.56 Å². The molecule has 0 heterocycles. The number of nitrogens with two attached hydrogens (primary N) is 1. The molecule has 18 heavy (non-hydrogen) atoms. The van der Waals surface area contributed by atoms with Crippen LogP contribution in [-0.2, 0) is 4.79 Å². The second kappa shape index (κ2) is 6.37. The minimum Gasteiger partial charge on any atom is -0.384 e. The number of rotatable bonds is 3. The standard InChI is InChI=1S/C12H11FN2O3/c13-10-4-3-8(2-1-5-16)6-9(10)12(18)15-7-11(14)17/h3-4,6,16H,5,7H2,(H2,14,17)(H,15,18). The van der Waals surface area contributed by atoms with E-state index in [0.717, 1.165) is 6.07 Å². The Morgan fingerprint density at radius 2 is 2.17 bits per heavy atom. The fourth-order valence-corrected chi connectivity index (χ4v) is 1.18. The summed E-state index contributed by atoms with van der Waals surface area (Å²) in [5, 5.41) is 10.7. The molecule has 0 spiro atoms. The van der Waals surface area contributed by atoms with Gasteiger partial charge >= 0.3 is 0 Å². The van der Waals surface area contributed by atoms with E-state index in [-0.39, 0.29) is 18.7 Å². The lowest BCUT2D eigenvalue weighted by molar-refractivity contribution is -0.117. The van der Waals surface area contributed by atoms with E-state index in [1.165, 1.54) is 12.1 Å². The van der Waals surface area contributed by atoms with Crippen molar-refractivity contribution in [1.82, 2.24) is 5.32 Å². The van der Waals surface area contributed by atoms with E-state index in [1.807, 2.05) is 0 Å². The lowest BCUT2D eigenvalue weighted by atomic mass is 10.1. The van der Waals surface area contributed by atoms with Gasteiger partial charge in [-0.2, -0.15) is 0 Å². The topological polar surface area (TPSA) is 92.4 Å². The number of aliphatic hydroxyl groups is 1. The van der Waals surface area contributed by atoms with Crippen molar-refractivity contribution >= 4 is 11.8 Å². The van der Waals surface area contributed by atoms with E-state index in [2.05, 4.69) is 17.2 Å². The van der Waals surface area contributed by atoms with Crippen LogP contribution < -0.4 is 11.1 Å². The maximum Gasteiger partial charge on any atom is 0.254 e. The van der Waals surface area contributed by atoms with Crippen LogP contribution in [0.5, 0.6) is 0 Å². The van der Waals surface area contributed by atoms with Crippen LogP contribution in [0.4, 0.5) is 4.39 Å². The summed E-state index contributed by atoms with van der Waals surface area (Å²) in [5.74, 6) is 2.72. The SMILES string of the molecule is NC(=O)CNC(=O)c1cc(C#CCO)ccc1F. The molecule has 0 bridgehead atoms. The Bertz CT molecular complexity index is 532. The van der Waals surface area contributed by atoms with Gasteiger partial charge in [-0.05, 0) is 18.2 Å². The zero-order valence-corrected chi connectivity index (χ0v) is 9.37. The first-order valence-corrected chi connectivity index (χ1v) is 5.00. The van der Waals surface area contributed by atoms with E-state index in [9.17, 15) is 14.0 Å². The molecule has 0 aromatic heterocycles. The van der Waals surface area contributed by atoms with Crippen LogP contribution in [0.25, 0.3) is 0 Å². The summed E-state index contributed by atoms with van der Waals surface area (Å²) in [6, 6.07) is 3.69. The zero-order valence-electron chi connectivity index (χ0n) is 9.37. The van der Waals surface area contributed by atoms with Gasteiger partial charge in [-0.15, -0.1) is 0 Å². The van der Waals surface area contributed by atoms with Gasteiger partial charge in [0.25, 0.3) is 5.91 Å². The number of hydrogen-bond acceptors (Lipinski definition) is 3. The molecular weight excluding hydrogens is 239 g/mol. The molecule has 0 fully saturated rings. The fourth-order valence-electron chi connectivity index (χ4n) is 1.18. The van der Waals surface area contributed by atoms with E-state index < -0.39 is 17.6 Å². The fraction of sp³-hybridized carbons (Fsp3) is 0.167. The number of aliphatic hydroxyl groups excluding tert-OH is 1. The predicted molar refractivity (Wildman–Crippen MR) is 61.9 cm³/mol. The Kier molecular flexibility index (Phi) is 4.84. The molecule has 0 radical (unpaired) electrons. The molecule has 6 heteroatoms. The summed E-state index contributed by atoms with van der Waals surface area (Å²) in [6.07, 6.45) is 0. The highest BCUT2D eigenvalue weighted by Crippen LogP contribution is 2.09. The summed E-state index contributed by atoms with van der Waals surface area (Å²) in [7, 11) is 0. The molecule has 1 aromatic carbocycles. The van der Waals surface area contributed by atoms with Crippen molar-refractivity contribution in [2.75, 3.05) is 13.2 Å². The minimum atomic E-state index is -0.751. The summed E-state index contributed by atoms with van der Waals surface area (Å²) < 4.78 is 13.4. The number of nitrogens with one attached hydrogen (secondary N) is 1. The van der Waals surface area contributed by atoms with Crippen LogP contribution in [0, 0.1) is 17.7 Å². The average Bonchev–Trinajstić information content (AvgIpc) is 2.35. The molecule has 0 saturated heterocycles. The Morgan fingerprint density at radius 3 is 2.78 bits per heavy atom. The smallest absolute Gasteiger partial charge is 0.254 e. The molecule has 0 saturated carbocycles. The van der Waals surface area contributed by atoms with Crippen molar-refractivity contribution in [3.05, 3.63) is 35.1 Å². The van der Waals surface area contributed by atoms with Gasteiger partial charge in [0.2, 0.25) is 5.91 Å². The van der Waals surface area contributed by atoms with Gasteiger partial charge in [-0.3, -0.25) is 9.59 Å². The first-order valence-electron chi connectivity index (χ1n) is 5.00. The van der Waals surface area contributed by atoms with E-state index in [1.54, 1.807) is 0 Å². The van der Waals surface area contributed by atoms with Crippen LogP contribution in [0.15, 0.2) is 18.2 Å². The number of primary amides is 1. The third kappa shape index (κ3) is 3.88. The molecule has 4 N–H and O–H groups in total. The first kappa shape index (κ1) is 13.7. The van der Waals surface area contributed by atoms with Crippen LogP contribution in [-0.4, -0.2) is 30.1 Å². The molecule has 0 aliphatic heterocycles. The summed E-state index contributed by atoms with van der Waals surface area (Å²) in [5.41, 5.74) is 5.00. The van der Waals surface area contributed by atoms with E-state index >= 15 is 0 Å². The number of carbonyl (C=O) groups excluding carboxylic acids is 2. The summed E-state index contributed by atoms with van der Waals surface area (Å²) in [6.45, 7) is -0.703. The van der Waals surface area contributed by atoms with Crippen molar-refractivity contribution in [1.29, 1.82) is 0 Å². The van der Waals surface area contributed by atoms with Crippen molar-refractivity contribution in [3.63, 3.8) is 0 Å². The number of benzene rings is 1. The summed E-state index contributed by atoms with van der Waals surface area (Å²) in [4.78, 5) is 22.0. The second-order valence-electron chi connectivity index (χ2n) is 3.30. The highest BCUT2D eigenvalue weighted by Gasteiger charge is 2.12. The van der Waals surface area contributed by atoms with Gasteiger partial charge in [0.15, 0.2) is 0 Å². The Hall–Kier alpha value is -2.39. The third-order valence-corrected chi connectivity index (χ3v) is 1.95. The first-order chi connectivity index (χ1) is 8.54. The molecule has 1 aromatic rings. The highest BCUT2D eigenvalue weighted by molar-refractivity contribution is 5.96. The van der Waals surface area contributed by atoms with E-state index in [4.69, 9.17) is 10.8 Å². The molecule has 94 valence electrons. The number of amides is 2. The molecule has 0 aliphatic carbocycles. The largest absolute Gasteiger partial charge is 0.384 e. The quantitative estimate of drug-likeness (QED) is 0.624. The van der Waals surface area contributed by atoms with Crippen molar-refractivity contribution in [2.24, 2.45) is 5.73 Å². The molecular formula is C12H11FN2O3. The second-order valence-corrected chi connectivity index (χ2v) is 3.30. The third-order valence-electron chi connectivity index (χ3n) is 1.95. The average molecular weight is 250 g/mol. The lowest BCUT2D eigenvalue weighted by Crippen LogP contribution is -2.33. The Balaban J connectivity index is 2.93. The van der Waals surface area contributed by atoms with Crippen LogP contribution >= 0.6 is 0 Å². The van der Waals surface area contributed by atoms with Crippen LogP contribution in [0.2, 0.25) is 0 Å². The predicted octanol–water partition coefficient (Wildman–Crippen LogP) is -0.615. The lowest BCUT2D eigenvalue weighted by Gasteiger charge is -2.04. The summed E-state index contributed by atoms with van der Waals surface area (Å²) >= 11 is 0. The number of hydrogen-bond donors (Lipinski definition) is 3. The molecule has 1 rings (SSSR count). The maximum atomic E-state index is 13.4. The monoisotopic (exact) mass is 250 g/mol. The highest BCUT2D eigenvalue weighted by atomic mass is 19.1. The van der Waals surface area contributed by atoms with Crippen molar-refractivity contribution in [3.8, 4) is 11.8 Å². The molecule has 5 nitrogen and oxygen atoms in total. The van der Waals surface area contributed by atoms with Gasteiger partial charge in [-0.25, -0.2) is 4.39 Å². The van der Waals surface area contributed by atoms with Crippen LogP contribution in [0.3, 0.4) is 0 Å². The van der Waals surface area contributed by atoms with Crippen molar-refractivity contribution < 1.29 is 19.1 Å². The minimum absolute atomic E-state index is 0.235.